The van der Waals surface area contributed by atoms with Crippen molar-refractivity contribution in [1.82, 2.24) is 13.6 Å². The Bertz CT molecular complexity index is 650. The molecular formula is C18H27N3Na2O7S. The van der Waals surface area contributed by atoms with Crippen LogP contribution in [0.3, 0.4) is 0 Å². The molecule has 10 nitrogen and oxygen atoms in total. The van der Waals surface area contributed by atoms with E-state index in [-0.39, 0.29) is 59.1 Å². The van der Waals surface area contributed by atoms with E-state index in [0.717, 1.165) is 44.7 Å². The number of hydrogen-bond donors (Lipinski definition) is 0. The normalized spacial score (nSPS) is 13.0. The predicted octanol–water partition coefficient (Wildman–Crippen LogP) is -7.04. The molecule has 0 aliphatic carbocycles. The van der Waals surface area contributed by atoms with Crippen molar-refractivity contribution in [3.63, 3.8) is 0 Å². The van der Waals surface area contributed by atoms with E-state index in [4.69, 9.17) is 34.0 Å². The Hall–Kier alpha value is -0.0800. The summed E-state index contributed by atoms with van der Waals surface area (Å²) in [5.74, 6) is -3.75. The summed E-state index contributed by atoms with van der Waals surface area (Å²) in [7, 11) is 2.11. The third kappa shape index (κ3) is 15.4. The van der Waals surface area contributed by atoms with Gasteiger partial charge in [0.05, 0.1) is 43.5 Å². The molecule has 2 rings (SSSR count). The number of carboxylic acid groups (broad SMARTS) is 2. The first-order valence-electron chi connectivity index (χ1n) is 9.36. The van der Waals surface area contributed by atoms with Crippen LogP contribution in [-0.2, 0) is 19.1 Å². The monoisotopic (exact) mass is 475 g/mol. The van der Waals surface area contributed by atoms with Gasteiger partial charge < -0.3 is 38.9 Å². The second-order valence-corrected chi connectivity index (χ2v) is 6.70. The maximum atomic E-state index is 8.93. The second kappa shape index (κ2) is 20.5. The van der Waals surface area contributed by atoms with E-state index in [9.17, 15) is 0 Å². The summed E-state index contributed by atoms with van der Waals surface area (Å²) >= 11 is 1.20. The molecule has 2 heterocycles. The van der Waals surface area contributed by atoms with Crippen LogP contribution in [0.1, 0.15) is 31.9 Å². The molecule has 0 unspecified atom stereocenters. The maximum Gasteiger partial charge on any atom is 1.00 e. The molecule has 0 radical (unpaired) electrons. The van der Waals surface area contributed by atoms with Gasteiger partial charge in [0, 0.05) is 19.7 Å². The first-order valence-corrected chi connectivity index (χ1v) is 10.1. The number of carbonyl (C=O) groups excluding carboxylic acids is 2. The molecule has 0 aromatic carbocycles. The third-order valence-electron chi connectivity index (χ3n) is 3.75. The van der Waals surface area contributed by atoms with Crippen LogP contribution in [0.5, 0.6) is 5.88 Å². The Morgan fingerprint density at radius 1 is 1.06 bits per heavy atom. The summed E-state index contributed by atoms with van der Waals surface area (Å²) in [5, 5.41) is 17.9. The van der Waals surface area contributed by atoms with Crippen LogP contribution >= 0.6 is 11.7 Å². The van der Waals surface area contributed by atoms with E-state index >= 15 is 0 Å². The minimum Gasteiger partial charge on any atom is -0.543 e. The van der Waals surface area contributed by atoms with Crippen molar-refractivity contribution in [2.75, 3.05) is 53.2 Å². The van der Waals surface area contributed by atoms with E-state index < -0.39 is 11.9 Å². The van der Waals surface area contributed by atoms with Gasteiger partial charge in [-0.2, -0.15) is 4.37 Å². The van der Waals surface area contributed by atoms with Crippen LogP contribution in [0.2, 0.25) is 0 Å². The molecule has 164 valence electrons. The van der Waals surface area contributed by atoms with Crippen LogP contribution in [0.25, 0.3) is 5.57 Å². The van der Waals surface area contributed by atoms with Gasteiger partial charge in [-0.15, -0.1) is 4.37 Å². The number of hydrogen-bond acceptors (Lipinski definition) is 11. The number of carboxylic acids is 2. The van der Waals surface area contributed by atoms with Crippen LogP contribution < -0.4 is 74.1 Å². The summed E-state index contributed by atoms with van der Waals surface area (Å²) in [6, 6.07) is 0. The number of likely N-dealkylation sites (N-methyl/N-ethyl adjacent to an activating group) is 1. The predicted molar refractivity (Wildman–Crippen MR) is 102 cm³/mol. The molecule has 1 aromatic heterocycles. The summed E-state index contributed by atoms with van der Waals surface area (Å²) in [6.07, 6.45) is 5.54. The molecule has 0 saturated carbocycles. The molecule has 1 aliphatic rings. The zero-order chi connectivity index (χ0) is 21.5. The number of nitrogens with zero attached hydrogens (tertiary/aromatic N) is 3. The number of unbranched alkanes of at least 4 members (excludes halogenated alkanes) is 1. The molecule has 0 amide bonds. The van der Waals surface area contributed by atoms with E-state index in [1.807, 2.05) is 0 Å². The zero-order valence-electron chi connectivity index (χ0n) is 18.8. The number of rotatable bonds is 11. The van der Waals surface area contributed by atoms with Crippen molar-refractivity contribution in [1.29, 1.82) is 0 Å². The Morgan fingerprint density at radius 2 is 1.68 bits per heavy atom. The average Bonchev–Trinajstić information content (AvgIpc) is 3.15. The van der Waals surface area contributed by atoms with Crippen LogP contribution in [-0.4, -0.2) is 78.8 Å². The molecule has 0 bridgehead atoms. The van der Waals surface area contributed by atoms with Gasteiger partial charge in [0.2, 0.25) is 0 Å². The van der Waals surface area contributed by atoms with Gasteiger partial charge in [-0.3, -0.25) is 0 Å². The Labute approximate surface area is 231 Å². The standard InChI is InChI=1S/C16H27N3O3S.C2H2O4.2Na/c1-3-4-8-20-9-10-21-11-12-22-16-15(17-23-18-16)14-6-5-7-19(2)13-14;3-1(4)2(5)6;;/h6H,3-5,7-13H2,1-2H3;(H,3,4)(H,5,6);;/q;;2*+1/p-2. The fraction of sp³-hybridized carbons (Fsp3) is 0.667. The third-order valence-corrected chi connectivity index (χ3v) is 4.26. The van der Waals surface area contributed by atoms with Crippen molar-refractivity contribution in [2.24, 2.45) is 0 Å². The minimum absolute atomic E-state index is 0. The molecule has 0 atom stereocenters. The van der Waals surface area contributed by atoms with Gasteiger partial charge in [-0.05, 0) is 25.5 Å². The van der Waals surface area contributed by atoms with Crippen molar-refractivity contribution in [3.8, 4) is 5.88 Å². The Kier molecular flexibility index (Phi) is 21.9. The minimum atomic E-state index is -2.19. The van der Waals surface area contributed by atoms with E-state index in [0.29, 0.717) is 32.3 Å². The summed E-state index contributed by atoms with van der Waals surface area (Å²) in [4.78, 5) is 20.1. The summed E-state index contributed by atoms with van der Waals surface area (Å²) in [5.41, 5.74) is 2.08. The van der Waals surface area contributed by atoms with Crippen LogP contribution in [0.4, 0.5) is 0 Å². The van der Waals surface area contributed by atoms with E-state index in [2.05, 4.69) is 33.7 Å². The van der Waals surface area contributed by atoms with Gasteiger partial charge >= 0.3 is 59.1 Å². The number of aliphatic carboxylic acids is 2. The number of aromatic nitrogens is 2. The van der Waals surface area contributed by atoms with Gasteiger partial charge in [-0.25, -0.2) is 0 Å². The van der Waals surface area contributed by atoms with E-state index in [1.54, 1.807) is 0 Å². The molecule has 0 fully saturated rings. The first-order chi connectivity index (χ1) is 14.0. The molecule has 0 N–H and O–H groups in total. The summed E-state index contributed by atoms with van der Waals surface area (Å²) in [6.45, 7) is 7.21. The fourth-order valence-corrected chi connectivity index (χ4v) is 2.83. The molecule has 0 saturated heterocycles. The fourth-order valence-electron chi connectivity index (χ4n) is 2.30. The SMILES string of the molecule is CCCCOCCOCCOc1nsnc1C1=CCCN(C)C1.O=C([O-])C(=O)[O-].[Na+].[Na+]. The van der Waals surface area contributed by atoms with Gasteiger partial charge in [0.25, 0.3) is 5.88 Å². The second-order valence-electron chi connectivity index (χ2n) is 6.18. The van der Waals surface area contributed by atoms with Crippen LogP contribution in [0, 0.1) is 0 Å². The molecule has 31 heavy (non-hydrogen) atoms. The number of carbonyl (C=O) groups is 2. The smallest absolute Gasteiger partial charge is 0.543 e. The zero-order valence-corrected chi connectivity index (χ0v) is 23.6. The van der Waals surface area contributed by atoms with Crippen molar-refractivity contribution in [2.45, 2.75) is 26.2 Å². The molecular weight excluding hydrogens is 448 g/mol. The first kappa shape index (κ1) is 33.1. The van der Waals surface area contributed by atoms with E-state index in [1.165, 1.54) is 17.3 Å². The molecule has 0 spiro atoms. The van der Waals surface area contributed by atoms with Gasteiger partial charge in [0.15, 0.2) is 0 Å². The van der Waals surface area contributed by atoms with Crippen molar-refractivity contribution < 1.29 is 93.1 Å². The Balaban J connectivity index is 0. The van der Waals surface area contributed by atoms with Gasteiger partial charge in [-0.1, -0.05) is 19.4 Å². The molecule has 13 heteroatoms. The Morgan fingerprint density at radius 3 is 2.26 bits per heavy atom. The molecule has 1 aromatic rings. The maximum absolute atomic E-state index is 8.93. The van der Waals surface area contributed by atoms with Gasteiger partial charge in [0.1, 0.15) is 12.3 Å². The van der Waals surface area contributed by atoms with Crippen molar-refractivity contribution >= 4 is 29.2 Å². The largest absolute Gasteiger partial charge is 1.00 e. The molecule has 1 aliphatic heterocycles. The van der Waals surface area contributed by atoms with Crippen molar-refractivity contribution in [3.05, 3.63) is 11.8 Å². The quantitative estimate of drug-likeness (QED) is 0.172. The number of ether oxygens (including phenoxy) is 3. The topological polar surface area (TPSA) is 137 Å². The van der Waals surface area contributed by atoms with Crippen LogP contribution in [0.15, 0.2) is 6.08 Å². The summed E-state index contributed by atoms with van der Waals surface area (Å²) < 4.78 is 25.3. The average molecular weight is 475 g/mol.